The standard InChI is InChI=1S/C13H18O4/c1-8(2)10(13(15)16)6-9-4-5-11(14)12(7-9)17-3/h4-5,7-8,10,14H,6H2,1-3H3,(H,15,16). The van der Waals surface area contributed by atoms with Crippen molar-refractivity contribution >= 4 is 5.97 Å². The number of rotatable bonds is 5. The number of hydrogen-bond donors (Lipinski definition) is 2. The number of hydrogen-bond acceptors (Lipinski definition) is 3. The van der Waals surface area contributed by atoms with Crippen molar-refractivity contribution in [3.63, 3.8) is 0 Å². The number of carbonyl (C=O) groups is 1. The first kappa shape index (κ1) is 13.4. The van der Waals surface area contributed by atoms with Crippen molar-refractivity contribution in [2.75, 3.05) is 7.11 Å². The van der Waals surface area contributed by atoms with Crippen molar-refractivity contribution in [1.29, 1.82) is 0 Å². The van der Waals surface area contributed by atoms with E-state index in [1.807, 2.05) is 13.8 Å². The summed E-state index contributed by atoms with van der Waals surface area (Å²) in [6, 6.07) is 4.91. The number of methoxy groups -OCH3 is 1. The Labute approximate surface area is 101 Å². The molecular weight excluding hydrogens is 220 g/mol. The van der Waals surface area contributed by atoms with E-state index in [0.29, 0.717) is 12.2 Å². The van der Waals surface area contributed by atoms with E-state index in [1.165, 1.54) is 13.2 Å². The second kappa shape index (κ2) is 5.57. The molecular formula is C13H18O4. The molecule has 0 heterocycles. The van der Waals surface area contributed by atoms with Gasteiger partial charge in [0.15, 0.2) is 11.5 Å². The van der Waals surface area contributed by atoms with Crippen LogP contribution in [0.2, 0.25) is 0 Å². The molecule has 0 aliphatic rings. The molecule has 1 unspecified atom stereocenters. The van der Waals surface area contributed by atoms with Gasteiger partial charge in [-0.3, -0.25) is 4.79 Å². The Kier molecular flexibility index (Phi) is 4.37. The van der Waals surface area contributed by atoms with Crippen molar-refractivity contribution in [3.8, 4) is 11.5 Å². The zero-order valence-corrected chi connectivity index (χ0v) is 10.3. The highest BCUT2D eigenvalue weighted by Crippen LogP contribution is 2.28. The maximum atomic E-state index is 11.1. The fourth-order valence-electron chi connectivity index (χ4n) is 1.71. The molecule has 0 saturated heterocycles. The minimum atomic E-state index is -0.799. The van der Waals surface area contributed by atoms with Crippen molar-refractivity contribution in [2.24, 2.45) is 11.8 Å². The lowest BCUT2D eigenvalue weighted by molar-refractivity contribution is -0.143. The molecule has 0 fully saturated rings. The zero-order valence-electron chi connectivity index (χ0n) is 10.3. The van der Waals surface area contributed by atoms with E-state index in [-0.39, 0.29) is 11.7 Å². The first-order valence-electron chi connectivity index (χ1n) is 5.54. The van der Waals surface area contributed by atoms with Crippen LogP contribution in [0, 0.1) is 11.8 Å². The molecule has 0 spiro atoms. The Morgan fingerprint density at radius 3 is 2.53 bits per heavy atom. The molecule has 2 N–H and O–H groups in total. The fraction of sp³-hybridized carbons (Fsp3) is 0.462. The highest BCUT2D eigenvalue weighted by atomic mass is 16.5. The number of aliphatic carboxylic acids is 1. The summed E-state index contributed by atoms with van der Waals surface area (Å²) in [5, 5.41) is 18.6. The van der Waals surface area contributed by atoms with Gasteiger partial charge in [-0.15, -0.1) is 0 Å². The average Bonchev–Trinajstić information content (AvgIpc) is 2.26. The molecule has 1 rings (SSSR count). The minimum absolute atomic E-state index is 0.0623. The fourth-order valence-corrected chi connectivity index (χ4v) is 1.71. The Balaban J connectivity index is 2.90. The number of carboxylic acid groups (broad SMARTS) is 1. The lowest BCUT2D eigenvalue weighted by Gasteiger charge is -2.16. The number of phenols is 1. The molecule has 1 atom stereocenters. The number of phenolic OH excluding ortho intramolecular Hbond substituents is 1. The van der Waals surface area contributed by atoms with Gasteiger partial charge >= 0.3 is 5.97 Å². The van der Waals surface area contributed by atoms with Crippen LogP contribution in [-0.4, -0.2) is 23.3 Å². The highest BCUT2D eigenvalue weighted by Gasteiger charge is 2.22. The monoisotopic (exact) mass is 238 g/mol. The first-order chi connectivity index (χ1) is 7.95. The third kappa shape index (κ3) is 3.37. The molecule has 0 aliphatic heterocycles. The number of ether oxygens (including phenoxy) is 1. The summed E-state index contributed by atoms with van der Waals surface area (Å²) in [5.74, 6) is -0.730. The smallest absolute Gasteiger partial charge is 0.307 e. The van der Waals surface area contributed by atoms with Crippen molar-refractivity contribution in [2.45, 2.75) is 20.3 Å². The van der Waals surface area contributed by atoms with Gasteiger partial charge in [0, 0.05) is 0 Å². The summed E-state index contributed by atoms with van der Waals surface area (Å²) in [4.78, 5) is 11.1. The molecule has 4 nitrogen and oxygen atoms in total. The van der Waals surface area contributed by atoms with Gasteiger partial charge in [0.2, 0.25) is 0 Å². The highest BCUT2D eigenvalue weighted by molar-refractivity contribution is 5.70. The van der Waals surface area contributed by atoms with Gasteiger partial charge in [-0.2, -0.15) is 0 Å². The van der Waals surface area contributed by atoms with Crippen LogP contribution in [-0.2, 0) is 11.2 Å². The Morgan fingerprint density at radius 1 is 1.41 bits per heavy atom. The summed E-state index contributed by atoms with van der Waals surface area (Å²) in [6.45, 7) is 3.77. The van der Waals surface area contributed by atoms with Gasteiger partial charge < -0.3 is 14.9 Å². The molecule has 0 bridgehead atoms. The van der Waals surface area contributed by atoms with E-state index in [4.69, 9.17) is 9.84 Å². The van der Waals surface area contributed by atoms with Crippen LogP contribution >= 0.6 is 0 Å². The maximum absolute atomic E-state index is 11.1. The maximum Gasteiger partial charge on any atom is 0.307 e. The van der Waals surface area contributed by atoms with Crippen LogP contribution in [0.1, 0.15) is 19.4 Å². The predicted octanol–water partition coefficient (Wildman–Crippen LogP) is 2.30. The SMILES string of the molecule is COc1cc(CC(C(=O)O)C(C)C)ccc1O. The molecule has 94 valence electrons. The second-order valence-corrected chi connectivity index (χ2v) is 4.40. The van der Waals surface area contributed by atoms with Crippen LogP contribution in [0.25, 0.3) is 0 Å². The van der Waals surface area contributed by atoms with Crippen LogP contribution in [0.4, 0.5) is 0 Å². The van der Waals surface area contributed by atoms with Gasteiger partial charge in [0.1, 0.15) is 0 Å². The van der Waals surface area contributed by atoms with Crippen molar-refractivity contribution in [3.05, 3.63) is 23.8 Å². The van der Waals surface area contributed by atoms with E-state index < -0.39 is 11.9 Å². The molecule has 0 radical (unpaired) electrons. The van der Waals surface area contributed by atoms with Gasteiger partial charge in [-0.05, 0) is 30.0 Å². The molecule has 0 aliphatic carbocycles. The van der Waals surface area contributed by atoms with E-state index in [0.717, 1.165) is 5.56 Å². The van der Waals surface area contributed by atoms with E-state index >= 15 is 0 Å². The van der Waals surface area contributed by atoms with Gasteiger partial charge in [0.05, 0.1) is 13.0 Å². The predicted molar refractivity (Wildman–Crippen MR) is 64.3 cm³/mol. The first-order valence-corrected chi connectivity index (χ1v) is 5.54. The van der Waals surface area contributed by atoms with E-state index in [2.05, 4.69) is 0 Å². The summed E-state index contributed by atoms with van der Waals surface area (Å²) >= 11 is 0. The molecule has 1 aromatic rings. The summed E-state index contributed by atoms with van der Waals surface area (Å²) in [7, 11) is 1.47. The van der Waals surface area contributed by atoms with Crippen LogP contribution in [0.3, 0.4) is 0 Å². The lowest BCUT2D eigenvalue weighted by Crippen LogP contribution is -2.22. The summed E-state index contributed by atoms with van der Waals surface area (Å²) < 4.78 is 4.99. The third-order valence-electron chi connectivity index (χ3n) is 2.82. The molecule has 4 heteroatoms. The Morgan fingerprint density at radius 2 is 2.06 bits per heavy atom. The number of aromatic hydroxyl groups is 1. The Bertz CT molecular complexity index is 398. The quantitative estimate of drug-likeness (QED) is 0.826. The van der Waals surface area contributed by atoms with E-state index in [1.54, 1.807) is 12.1 Å². The average molecular weight is 238 g/mol. The third-order valence-corrected chi connectivity index (χ3v) is 2.82. The van der Waals surface area contributed by atoms with Crippen LogP contribution in [0.15, 0.2) is 18.2 Å². The minimum Gasteiger partial charge on any atom is -0.504 e. The second-order valence-electron chi connectivity index (χ2n) is 4.40. The molecule has 0 aromatic heterocycles. The topological polar surface area (TPSA) is 66.8 Å². The number of benzene rings is 1. The molecule has 0 amide bonds. The molecule has 17 heavy (non-hydrogen) atoms. The lowest BCUT2D eigenvalue weighted by atomic mass is 9.89. The molecule has 1 aromatic carbocycles. The van der Waals surface area contributed by atoms with Crippen molar-refractivity contribution in [1.82, 2.24) is 0 Å². The van der Waals surface area contributed by atoms with Crippen LogP contribution < -0.4 is 4.74 Å². The van der Waals surface area contributed by atoms with Gasteiger partial charge in [-0.25, -0.2) is 0 Å². The number of carboxylic acids is 1. The summed E-state index contributed by atoms with van der Waals surface area (Å²) in [6.07, 6.45) is 0.434. The largest absolute Gasteiger partial charge is 0.504 e. The normalized spacial score (nSPS) is 12.5. The van der Waals surface area contributed by atoms with Crippen LogP contribution in [0.5, 0.6) is 11.5 Å². The van der Waals surface area contributed by atoms with E-state index in [9.17, 15) is 9.90 Å². The van der Waals surface area contributed by atoms with Gasteiger partial charge in [0.25, 0.3) is 0 Å². The molecule has 0 saturated carbocycles. The van der Waals surface area contributed by atoms with Crippen molar-refractivity contribution < 1.29 is 19.7 Å². The summed E-state index contributed by atoms with van der Waals surface area (Å²) in [5.41, 5.74) is 0.848. The zero-order chi connectivity index (χ0) is 13.0. The Hall–Kier alpha value is -1.71. The van der Waals surface area contributed by atoms with Gasteiger partial charge in [-0.1, -0.05) is 19.9 Å².